The molecule has 0 bridgehead atoms. The number of aliphatic hydroxyl groups excluding tert-OH is 11. The summed E-state index contributed by atoms with van der Waals surface area (Å²) in [5.41, 5.74) is 0. The molecule has 96 heavy (non-hydrogen) atoms. The monoisotopic (exact) mass is 1360 g/mol. The molecule has 0 aromatic rings. The Morgan fingerprint density at radius 2 is 0.729 bits per heavy atom. The van der Waals surface area contributed by atoms with E-state index < -0.39 is 124 Å². The minimum atomic E-state index is -1.99. The maximum atomic E-state index is 13.4. The molecule has 3 aliphatic heterocycles. The second kappa shape index (κ2) is 57.6. The average Bonchev–Trinajstić information content (AvgIpc) is 1.09. The highest BCUT2D eigenvalue weighted by molar-refractivity contribution is 5.76. The van der Waals surface area contributed by atoms with Crippen LogP contribution in [0.15, 0.2) is 85.1 Å². The van der Waals surface area contributed by atoms with Crippen LogP contribution >= 0.6 is 0 Å². The van der Waals surface area contributed by atoms with E-state index in [0.717, 1.165) is 77.0 Å². The SMILES string of the molecule is CC/C=C\C/C=C\C/C=C\C/C=C\CCCCCCCCCCCCCCCCC(=O)NC(COC1OC(CO)C(OC2OC(CO)C(OC3OC(CO)C(O)C(O)C3O)C(O)C2O)C(O)C1O)C(O)/C=C/CC/C=C/CC/C=C/CCCCCCCCCCCCCCCC. The van der Waals surface area contributed by atoms with Gasteiger partial charge in [-0.1, -0.05) is 259 Å². The fraction of sp³-hybridized carbons (Fsp3) is 0.805. The molecule has 3 fully saturated rings. The molecule has 17 unspecified atom stereocenters. The zero-order valence-corrected chi connectivity index (χ0v) is 59.1. The first-order valence-electron chi connectivity index (χ1n) is 37.8. The Labute approximate surface area is 578 Å². The Morgan fingerprint density at radius 1 is 0.385 bits per heavy atom. The summed E-state index contributed by atoms with van der Waals surface area (Å²) in [5, 5.41) is 121. The summed E-state index contributed by atoms with van der Waals surface area (Å²) in [5.74, 6) is -0.291. The van der Waals surface area contributed by atoms with E-state index in [1.54, 1.807) is 6.08 Å². The lowest BCUT2D eigenvalue weighted by Gasteiger charge is -2.48. The zero-order chi connectivity index (χ0) is 69.6. The van der Waals surface area contributed by atoms with Gasteiger partial charge in [-0.25, -0.2) is 0 Å². The van der Waals surface area contributed by atoms with Gasteiger partial charge in [0.25, 0.3) is 0 Å². The molecule has 3 aliphatic rings. The molecular formula is C77H135NO18. The van der Waals surface area contributed by atoms with Gasteiger partial charge >= 0.3 is 0 Å². The van der Waals surface area contributed by atoms with Crippen LogP contribution in [0.3, 0.4) is 0 Å². The molecular weight excluding hydrogens is 1230 g/mol. The summed E-state index contributed by atoms with van der Waals surface area (Å²) in [6.45, 7) is 1.61. The largest absolute Gasteiger partial charge is 0.394 e. The van der Waals surface area contributed by atoms with Crippen LogP contribution in [0.25, 0.3) is 0 Å². The van der Waals surface area contributed by atoms with Gasteiger partial charge in [0, 0.05) is 6.42 Å². The number of unbranched alkanes of at least 4 members (excludes halogenated alkanes) is 30. The second-order valence-corrected chi connectivity index (χ2v) is 26.7. The molecule has 3 rings (SSSR count). The summed E-state index contributed by atoms with van der Waals surface area (Å²) < 4.78 is 34.4. The highest BCUT2D eigenvalue weighted by Gasteiger charge is 2.53. The number of ether oxygens (including phenoxy) is 6. The standard InChI is InChI=1S/C77H135NO18/c1-3-5-7-9-11-13-15-17-19-21-23-25-27-29-30-31-33-35-37-39-41-43-45-47-49-51-53-55-65(83)78-60(61(82)54-52-50-48-46-44-42-40-38-36-34-32-28-26-24-22-20-18-16-14-12-10-8-6-4-2)59-91-75-71(89)68(86)73(63(57-80)93-75)96-77-72(90)69(87)74(64(58-81)94-77)95-76-70(88)67(85)66(84)62(56-79)92-76/h5,7,11,13,17,19,23,25,36,38,44,46,52,54,60-64,66-77,79-82,84-90H,3-4,6,8-10,12,14-16,18,20-22,24,26-35,37,39-43,45,47-51,53,55-59H2,1-2H3,(H,78,83)/b7-5-,13-11-,19-17-,25-23-,38-36+,46-44+,54-52+. The Balaban J connectivity index is 1.42. The van der Waals surface area contributed by atoms with Gasteiger partial charge in [-0.3, -0.25) is 4.79 Å². The van der Waals surface area contributed by atoms with Crippen molar-refractivity contribution in [2.75, 3.05) is 26.4 Å². The van der Waals surface area contributed by atoms with E-state index in [0.29, 0.717) is 12.8 Å². The first-order chi connectivity index (χ1) is 46.8. The van der Waals surface area contributed by atoms with Crippen LogP contribution in [0.2, 0.25) is 0 Å². The van der Waals surface area contributed by atoms with Crippen molar-refractivity contribution < 1.29 is 89.4 Å². The highest BCUT2D eigenvalue weighted by atomic mass is 16.8. The van der Waals surface area contributed by atoms with Crippen molar-refractivity contribution in [1.82, 2.24) is 5.32 Å². The molecule has 0 aromatic heterocycles. The van der Waals surface area contributed by atoms with E-state index in [1.807, 2.05) is 6.08 Å². The normalized spacial score (nSPS) is 27.5. The molecule has 17 atom stereocenters. The summed E-state index contributed by atoms with van der Waals surface area (Å²) in [6.07, 6.45) is 48.5. The molecule has 1 amide bonds. The Morgan fingerprint density at radius 3 is 1.17 bits per heavy atom. The number of hydrogen-bond acceptors (Lipinski definition) is 18. The van der Waals surface area contributed by atoms with E-state index in [1.165, 1.54) is 154 Å². The first kappa shape index (κ1) is 87.2. The lowest BCUT2D eigenvalue weighted by Crippen LogP contribution is -2.66. The van der Waals surface area contributed by atoms with Crippen LogP contribution in [0.5, 0.6) is 0 Å². The van der Waals surface area contributed by atoms with Crippen molar-refractivity contribution in [2.24, 2.45) is 0 Å². The third-order valence-corrected chi connectivity index (χ3v) is 18.4. The number of carbonyl (C=O) groups is 1. The number of rotatable bonds is 58. The third kappa shape index (κ3) is 38.1. The summed E-state index contributed by atoms with van der Waals surface area (Å²) >= 11 is 0. The second-order valence-electron chi connectivity index (χ2n) is 26.7. The average molecular weight is 1360 g/mol. The first-order valence-corrected chi connectivity index (χ1v) is 37.8. The smallest absolute Gasteiger partial charge is 0.220 e. The number of aliphatic hydroxyl groups is 11. The van der Waals surface area contributed by atoms with Gasteiger partial charge in [0.15, 0.2) is 18.9 Å². The van der Waals surface area contributed by atoms with E-state index in [9.17, 15) is 61.0 Å². The van der Waals surface area contributed by atoms with Crippen molar-refractivity contribution in [3.63, 3.8) is 0 Å². The van der Waals surface area contributed by atoms with Crippen molar-refractivity contribution in [1.29, 1.82) is 0 Å². The van der Waals surface area contributed by atoms with Crippen LogP contribution in [0.1, 0.15) is 264 Å². The number of carbonyl (C=O) groups excluding carboxylic acids is 1. The van der Waals surface area contributed by atoms with Gasteiger partial charge in [0.05, 0.1) is 38.6 Å². The molecule has 19 nitrogen and oxygen atoms in total. The maximum absolute atomic E-state index is 13.4. The van der Waals surface area contributed by atoms with Gasteiger partial charge in [-0.2, -0.15) is 0 Å². The Hall–Kier alpha value is -3.03. The molecule has 0 aliphatic carbocycles. The summed E-state index contributed by atoms with van der Waals surface area (Å²) in [4.78, 5) is 13.4. The van der Waals surface area contributed by atoms with Gasteiger partial charge in [0.1, 0.15) is 73.2 Å². The Bertz CT molecular complexity index is 2070. The fourth-order valence-electron chi connectivity index (χ4n) is 12.3. The lowest BCUT2D eigenvalue weighted by molar-refractivity contribution is -0.379. The van der Waals surface area contributed by atoms with Crippen LogP contribution in [0.4, 0.5) is 0 Å². The van der Waals surface area contributed by atoms with E-state index in [4.69, 9.17) is 28.4 Å². The number of allylic oxidation sites excluding steroid dienone is 13. The van der Waals surface area contributed by atoms with E-state index in [-0.39, 0.29) is 18.9 Å². The third-order valence-electron chi connectivity index (χ3n) is 18.4. The van der Waals surface area contributed by atoms with Crippen LogP contribution in [-0.4, -0.2) is 193 Å². The predicted octanol–water partition coefficient (Wildman–Crippen LogP) is 11.4. The molecule has 556 valence electrons. The number of hydrogen-bond donors (Lipinski definition) is 12. The van der Waals surface area contributed by atoms with E-state index >= 15 is 0 Å². The van der Waals surface area contributed by atoms with Gasteiger partial charge in [0.2, 0.25) is 5.91 Å². The van der Waals surface area contributed by atoms with Crippen LogP contribution < -0.4 is 5.32 Å². The van der Waals surface area contributed by atoms with Gasteiger partial charge in [-0.05, 0) is 83.5 Å². The Kier molecular flexibility index (Phi) is 52.3. The van der Waals surface area contributed by atoms with Gasteiger partial charge < -0.3 is 89.9 Å². The summed E-state index contributed by atoms with van der Waals surface area (Å²) in [7, 11) is 0. The van der Waals surface area contributed by atoms with Gasteiger partial charge in [-0.15, -0.1) is 0 Å². The molecule has 0 spiro atoms. The molecule has 3 saturated heterocycles. The molecule has 19 heteroatoms. The van der Waals surface area contributed by atoms with Crippen molar-refractivity contribution >= 4 is 5.91 Å². The predicted molar refractivity (Wildman–Crippen MR) is 378 cm³/mol. The number of amides is 1. The van der Waals surface area contributed by atoms with Crippen LogP contribution in [0, 0.1) is 0 Å². The molecule has 0 saturated carbocycles. The molecule has 3 heterocycles. The maximum Gasteiger partial charge on any atom is 0.220 e. The minimum Gasteiger partial charge on any atom is -0.394 e. The lowest BCUT2D eigenvalue weighted by atomic mass is 9.96. The van der Waals surface area contributed by atoms with Crippen molar-refractivity contribution in [3.8, 4) is 0 Å². The summed E-state index contributed by atoms with van der Waals surface area (Å²) in [6, 6.07) is -1.00. The molecule has 12 N–H and O–H groups in total. The van der Waals surface area contributed by atoms with Crippen molar-refractivity contribution in [3.05, 3.63) is 85.1 Å². The quantitative estimate of drug-likeness (QED) is 0.0199. The highest BCUT2D eigenvalue weighted by Crippen LogP contribution is 2.33. The zero-order valence-electron chi connectivity index (χ0n) is 59.1. The topological polar surface area (TPSA) is 307 Å². The van der Waals surface area contributed by atoms with Crippen LogP contribution in [-0.2, 0) is 33.2 Å². The van der Waals surface area contributed by atoms with Crippen molar-refractivity contribution in [2.45, 2.75) is 369 Å². The molecule has 0 radical (unpaired) electrons. The fourth-order valence-corrected chi connectivity index (χ4v) is 12.3. The minimum absolute atomic E-state index is 0.227. The number of nitrogens with one attached hydrogen (secondary N) is 1. The molecule has 0 aromatic carbocycles. The van der Waals surface area contributed by atoms with E-state index in [2.05, 4.69) is 92.1 Å².